The monoisotopic (exact) mass is 408 g/mol. The Hall–Kier alpha value is -2.70. The van der Waals surface area contributed by atoms with Gasteiger partial charge in [-0.2, -0.15) is 11.8 Å². The summed E-state index contributed by atoms with van der Waals surface area (Å²) in [5.41, 5.74) is 4.89. The molecule has 2 heterocycles. The van der Waals surface area contributed by atoms with Gasteiger partial charge in [0.15, 0.2) is 0 Å². The number of H-pyrrole nitrogens is 1. The molecule has 1 atom stereocenters. The first-order valence-corrected chi connectivity index (χ1v) is 10.9. The first-order valence-electron chi connectivity index (χ1n) is 9.75. The summed E-state index contributed by atoms with van der Waals surface area (Å²) in [6.45, 7) is 0.933. The van der Waals surface area contributed by atoms with Gasteiger partial charge in [-0.25, -0.2) is 4.79 Å². The van der Waals surface area contributed by atoms with Crippen molar-refractivity contribution in [2.45, 2.75) is 24.6 Å². The fourth-order valence-corrected chi connectivity index (χ4v) is 4.77. The molecule has 0 fully saturated rings. The molecule has 0 saturated heterocycles. The van der Waals surface area contributed by atoms with E-state index in [2.05, 4.69) is 46.7 Å². The molecule has 29 heavy (non-hydrogen) atoms. The van der Waals surface area contributed by atoms with Crippen LogP contribution in [0.5, 0.6) is 5.75 Å². The van der Waals surface area contributed by atoms with Crippen molar-refractivity contribution in [2.75, 3.05) is 12.3 Å². The molecular formula is C23H24N2O3S. The van der Waals surface area contributed by atoms with Gasteiger partial charge in [-0.1, -0.05) is 36.4 Å². The van der Waals surface area contributed by atoms with Crippen LogP contribution in [0.2, 0.25) is 0 Å². The Morgan fingerprint density at radius 2 is 2.07 bits per heavy atom. The highest BCUT2D eigenvalue weighted by Crippen LogP contribution is 2.28. The number of carbonyl (C=O) groups is 1. The largest absolute Gasteiger partial charge is 0.511 e. The second kappa shape index (κ2) is 9.20. The Morgan fingerprint density at radius 3 is 2.90 bits per heavy atom. The van der Waals surface area contributed by atoms with E-state index in [9.17, 15) is 4.79 Å². The maximum Gasteiger partial charge on any atom is 0.511 e. The van der Waals surface area contributed by atoms with E-state index in [1.807, 2.05) is 24.0 Å². The van der Waals surface area contributed by atoms with E-state index in [1.165, 1.54) is 16.7 Å². The van der Waals surface area contributed by atoms with Crippen LogP contribution in [0.25, 0.3) is 16.5 Å². The minimum absolute atomic E-state index is 0.330. The van der Waals surface area contributed by atoms with E-state index in [0.29, 0.717) is 11.8 Å². The molecular weight excluding hydrogens is 384 g/mol. The molecule has 0 radical (unpaired) electrons. The Labute approximate surface area is 174 Å². The van der Waals surface area contributed by atoms with E-state index in [0.717, 1.165) is 41.8 Å². The molecule has 3 N–H and O–H groups in total. The zero-order chi connectivity index (χ0) is 20.1. The third-order valence-corrected chi connectivity index (χ3v) is 6.22. The van der Waals surface area contributed by atoms with Crippen LogP contribution in [-0.4, -0.2) is 34.6 Å². The Kier molecular flexibility index (Phi) is 6.22. The van der Waals surface area contributed by atoms with Crippen molar-refractivity contribution < 1.29 is 14.6 Å². The van der Waals surface area contributed by atoms with Crippen LogP contribution in [0.15, 0.2) is 60.8 Å². The van der Waals surface area contributed by atoms with Crippen LogP contribution in [0.4, 0.5) is 4.79 Å². The van der Waals surface area contributed by atoms with Crippen LogP contribution in [-0.2, 0) is 5.75 Å². The fourth-order valence-electron chi connectivity index (χ4n) is 3.72. The minimum Gasteiger partial charge on any atom is -0.449 e. The lowest BCUT2D eigenvalue weighted by atomic mass is 9.94. The number of rotatable bonds is 7. The molecule has 1 aromatic heterocycles. The maximum absolute atomic E-state index is 10.7. The molecule has 0 aliphatic carbocycles. The highest BCUT2D eigenvalue weighted by Gasteiger charge is 2.16. The van der Waals surface area contributed by atoms with Crippen LogP contribution < -0.4 is 10.1 Å². The van der Waals surface area contributed by atoms with Gasteiger partial charge in [-0.05, 0) is 47.4 Å². The van der Waals surface area contributed by atoms with Crippen molar-refractivity contribution in [2.24, 2.45) is 0 Å². The van der Waals surface area contributed by atoms with E-state index < -0.39 is 6.16 Å². The highest BCUT2D eigenvalue weighted by molar-refractivity contribution is 7.98. The lowest BCUT2D eigenvalue weighted by Crippen LogP contribution is -2.33. The summed E-state index contributed by atoms with van der Waals surface area (Å²) in [5.74, 6) is 2.34. The van der Waals surface area contributed by atoms with E-state index in [1.54, 1.807) is 12.1 Å². The molecule has 6 heteroatoms. The highest BCUT2D eigenvalue weighted by atomic mass is 32.2. The number of carboxylic acid groups (broad SMARTS) is 1. The van der Waals surface area contributed by atoms with Gasteiger partial charge in [-0.15, -0.1) is 0 Å². The lowest BCUT2D eigenvalue weighted by Gasteiger charge is -2.24. The van der Waals surface area contributed by atoms with Gasteiger partial charge in [0, 0.05) is 41.5 Å². The standard InChI is InChI=1S/C23H24N2O3S/c26-23(27)28-20-6-7-21-18(14-25-22(21)13-20)15-29-11-9-19-12-17(8-10-24-19)16-4-2-1-3-5-16/h1-8,13-14,19,24-25H,9-12,15H2,(H,26,27). The van der Waals surface area contributed by atoms with Crippen LogP contribution in [0.3, 0.4) is 0 Å². The normalized spacial score (nSPS) is 16.6. The van der Waals surface area contributed by atoms with Crippen LogP contribution in [0.1, 0.15) is 24.0 Å². The second-order valence-electron chi connectivity index (χ2n) is 7.14. The van der Waals surface area contributed by atoms with Gasteiger partial charge in [-0.3, -0.25) is 0 Å². The third kappa shape index (κ3) is 5.02. The number of ether oxygens (including phenoxy) is 1. The second-order valence-corrected chi connectivity index (χ2v) is 8.24. The SMILES string of the molecule is O=C(O)Oc1ccc2c(CSCCC3CC(c4ccccc4)=CCN3)c[nH]c2c1. The van der Waals surface area contributed by atoms with Crippen molar-refractivity contribution in [1.82, 2.24) is 10.3 Å². The summed E-state index contributed by atoms with van der Waals surface area (Å²) in [5, 5.41) is 13.4. The number of aromatic amines is 1. The summed E-state index contributed by atoms with van der Waals surface area (Å²) in [6, 6.07) is 16.5. The number of aromatic nitrogens is 1. The van der Waals surface area contributed by atoms with Gasteiger partial charge in [0.1, 0.15) is 5.75 Å². The van der Waals surface area contributed by atoms with Gasteiger partial charge in [0.25, 0.3) is 0 Å². The zero-order valence-electron chi connectivity index (χ0n) is 16.1. The maximum atomic E-state index is 10.7. The Morgan fingerprint density at radius 1 is 1.21 bits per heavy atom. The van der Waals surface area contributed by atoms with E-state index >= 15 is 0 Å². The molecule has 0 saturated carbocycles. The van der Waals surface area contributed by atoms with Crippen molar-refractivity contribution in [3.63, 3.8) is 0 Å². The summed E-state index contributed by atoms with van der Waals surface area (Å²) >= 11 is 1.93. The average molecular weight is 409 g/mol. The van der Waals surface area contributed by atoms with E-state index in [-0.39, 0.29) is 0 Å². The first-order chi connectivity index (χ1) is 14.2. The quantitative estimate of drug-likeness (QED) is 0.281. The molecule has 150 valence electrons. The van der Waals surface area contributed by atoms with Crippen molar-refractivity contribution >= 4 is 34.4 Å². The van der Waals surface area contributed by atoms with Crippen LogP contribution in [0, 0.1) is 0 Å². The molecule has 0 bridgehead atoms. The van der Waals surface area contributed by atoms with Gasteiger partial charge < -0.3 is 20.1 Å². The number of hydrogen-bond donors (Lipinski definition) is 3. The molecule has 4 rings (SSSR count). The van der Waals surface area contributed by atoms with Crippen molar-refractivity contribution in [3.8, 4) is 5.75 Å². The number of hydrogen-bond acceptors (Lipinski definition) is 4. The number of thioether (sulfide) groups is 1. The van der Waals surface area contributed by atoms with Gasteiger partial charge in [0.05, 0.1) is 0 Å². The number of fused-ring (bicyclic) bond motifs is 1. The Balaban J connectivity index is 1.27. The topological polar surface area (TPSA) is 74.3 Å². The summed E-state index contributed by atoms with van der Waals surface area (Å²) < 4.78 is 4.72. The lowest BCUT2D eigenvalue weighted by molar-refractivity contribution is 0.144. The smallest absolute Gasteiger partial charge is 0.449 e. The summed E-state index contributed by atoms with van der Waals surface area (Å²) in [7, 11) is 0. The summed E-state index contributed by atoms with van der Waals surface area (Å²) in [4.78, 5) is 13.9. The average Bonchev–Trinajstić information content (AvgIpc) is 3.14. The number of benzene rings is 2. The molecule has 5 nitrogen and oxygen atoms in total. The third-order valence-electron chi connectivity index (χ3n) is 5.18. The molecule has 3 aromatic rings. The van der Waals surface area contributed by atoms with Gasteiger partial charge >= 0.3 is 6.16 Å². The summed E-state index contributed by atoms with van der Waals surface area (Å²) in [6.07, 6.45) is 5.20. The number of nitrogens with one attached hydrogen (secondary N) is 2. The van der Waals surface area contributed by atoms with E-state index in [4.69, 9.17) is 9.84 Å². The van der Waals surface area contributed by atoms with Crippen molar-refractivity contribution in [3.05, 3.63) is 71.9 Å². The predicted octanol–water partition coefficient (Wildman–Crippen LogP) is 5.29. The minimum atomic E-state index is -1.30. The molecule has 2 aromatic carbocycles. The molecule has 0 spiro atoms. The fraction of sp³-hybridized carbons (Fsp3) is 0.261. The zero-order valence-corrected chi connectivity index (χ0v) is 16.9. The molecule has 1 unspecified atom stereocenters. The molecule has 1 aliphatic heterocycles. The van der Waals surface area contributed by atoms with Crippen LogP contribution >= 0.6 is 11.8 Å². The van der Waals surface area contributed by atoms with Gasteiger partial charge in [0.2, 0.25) is 0 Å². The first kappa shape index (κ1) is 19.6. The molecule has 1 aliphatic rings. The molecule has 0 amide bonds. The predicted molar refractivity (Wildman–Crippen MR) is 119 cm³/mol. The van der Waals surface area contributed by atoms with Crippen molar-refractivity contribution in [1.29, 1.82) is 0 Å². The Bertz CT molecular complexity index is 1010.